The molecule has 0 spiro atoms. The Kier molecular flexibility index (Phi) is 3.79. The number of carboxylic acid groups (broad SMARTS) is 1. The monoisotopic (exact) mass is 272 g/mol. The molecule has 0 heterocycles. The van der Waals surface area contributed by atoms with Gasteiger partial charge in [-0.1, -0.05) is 12.1 Å². The Hall–Kier alpha value is -2.69. The number of rotatable bonds is 4. The molecule has 0 bridgehead atoms. The highest BCUT2D eigenvalue weighted by Gasteiger charge is 2.12. The maximum absolute atomic E-state index is 11.0. The highest BCUT2D eigenvalue weighted by molar-refractivity contribution is 5.95. The normalized spacial score (nSPS) is 10.1. The van der Waals surface area contributed by atoms with E-state index in [9.17, 15) is 4.79 Å². The summed E-state index contributed by atoms with van der Waals surface area (Å²) in [7, 11) is 3.86. The third-order valence-electron chi connectivity index (χ3n) is 2.86. The lowest BCUT2D eigenvalue weighted by Gasteiger charge is -2.15. The number of aromatic carboxylic acids is 1. The van der Waals surface area contributed by atoms with Crippen LogP contribution in [0.1, 0.15) is 10.4 Å². The zero-order chi connectivity index (χ0) is 14.7. The molecule has 2 aromatic carbocycles. The van der Waals surface area contributed by atoms with Crippen molar-refractivity contribution in [2.45, 2.75) is 0 Å². The molecule has 3 N–H and O–H groups in total. The van der Waals surface area contributed by atoms with E-state index in [4.69, 9.17) is 15.6 Å². The number of para-hydroxylation sites is 1. The molecule has 0 fully saturated rings. The van der Waals surface area contributed by atoms with Gasteiger partial charge in [-0.25, -0.2) is 4.79 Å². The molecule has 0 aromatic heterocycles. The van der Waals surface area contributed by atoms with Gasteiger partial charge in [0.15, 0.2) is 5.75 Å². The fraction of sp³-hybridized carbons (Fsp3) is 0.133. The molecule has 0 radical (unpaired) electrons. The van der Waals surface area contributed by atoms with Gasteiger partial charge in [-0.2, -0.15) is 0 Å². The Morgan fingerprint density at radius 2 is 1.90 bits per heavy atom. The van der Waals surface area contributed by atoms with Gasteiger partial charge in [-0.05, 0) is 24.3 Å². The van der Waals surface area contributed by atoms with Gasteiger partial charge in [-0.3, -0.25) is 0 Å². The molecule has 0 aliphatic carbocycles. The number of nitrogens with two attached hydrogens (primary N) is 1. The van der Waals surface area contributed by atoms with Crippen molar-refractivity contribution in [2.24, 2.45) is 0 Å². The zero-order valence-corrected chi connectivity index (χ0v) is 11.3. The van der Waals surface area contributed by atoms with Crippen molar-refractivity contribution in [1.29, 1.82) is 0 Å². The first-order valence-corrected chi connectivity index (χ1v) is 6.06. The van der Waals surface area contributed by atoms with E-state index in [-0.39, 0.29) is 11.3 Å². The van der Waals surface area contributed by atoms with E-state index < -0.39 is 5.97 Å². The predicted molar refractivity (Wildman–Crippen MR) is 78.7 cm³/mol. The molecule has 2 aromatic rings. The molecule has 0 saturated carbocycles. The first-order valence-electron chi connectivity index (χ1n) is 6.06. The zero-order valence-electron chi connectivity index (χ0n) is 11.3. The average Bonchev–Trinajstić information content (AvgIpc) is 2.41. The minimum atomic E-state index is -1.07. The van der Waals surface area contributed by atoms with Crippen molar-refractivity contribution < 1.29 is 14.6 Å². The predicted octanol–water partition coefficient (Wildman–Crippen LogP) is 2.83. The van der Waals surface area contributed by atoms with E-state index in [2.05, 4.69) is 0 Å². The molecule has 5 heteroatoms. The van der Waals surface area contributed by atoms with Crippen molar-refractivity contribution in [2.75, 3.05) is 24.7 Å². The SMILES string of the molecule is CN(C)c1cccc(Oc2cccc(C(=O)O)c2N)c1. The summed E-state index contributed by atoms with van der Waals surface area (Å²) in [5.74, 6) is -0.138. The van der Waals surface area contributed by atoms with E-state index >= 15 is 0 Å². The summed E-state index contributed by atoms with van der Waals surface area (Å²) in [6.07, 6.45) is 0. The van der Waals surface area contributed by atoms with Crippen LogP contribution < -0.4 is 15.4 Å². The van der Waals surface area contributed by atoms with Gasteiger partial charge in [0.25, 0.3) is 0 Å². The summed E-state index contributed by atoms with van der Waals surface area (Å²) in [5.41, 5.74) is 6.95. The molecule has 0 saturated heterocycles. The summed E-state index contributed by atoms with van der Waals surface area (Å²) in [4.78, 5) is 13.0. The molecule has 0 atom stereocenters. The van der Waals surface area contributed by atoms with Gasteiger partial charge in [0.1, 0.15) is 5.75 Å². The highest BCUT2D eigenvalue weighted by atomic mass is 16.5. The van der Waals surface area contributed by atoms with Crippen molar-refractivity contribution >= 4 is 17.3 Å². The number of ether oxygens (including phenoxy) is 1. The molecule has 5 nitrogen and oxygen atoms in total. The number of nitrogens with zero attached hydrogens (tertiary/aromatic N) is 1. The van der Waals surface area contributed by atoms with Crippen LogP contribution in [-0.4, -0.2) is 25.2 Å². The number of hydrogen-bond donors (Lipinski definition) is 2. The van der Waals surface area contributed by atoms with Crippen molar-refractivity contribution in [3.63, 3.8) is 0 Å². The molecular formula is C15H16N2O3. The van der Waals surface area contributed by atoms with Crippen LogP contribution >= 0.6 is 0 Å². The lowest BCUT2D eigenvalue weighted by Crippen LogP contribution is -2.08. The maximum atomic E-state index is 11.0. The van der Waals surface area contributed by atoms with Crippen LogP contribution in [0.25, 0.3) is 0 Å². The largest absolute Gasteiger partial charge is 0.478 e. The average molecular weight is 272 g/mol. The van der Waals surface area contributed by atoms with Gasteiger partial charge in [0, 0.05) is 25.8 Å². The Labute approximate surface area is 117 Å². The van der Waals surface area contributed by atoms with Crippen molar-refractivity contribution in [1.82, 2.24) is 0 Å². The second kappa shape index (κ2) is 5.52. The molecule has 0 aliphatic rings. The Morgan fingerprint density at radius 3 is 2.55 bits per heavy atom. The Bertz CT molecular complexity index is 639. The Balaban J connectivity index is 2.33. The van der Waals surface area contributed by atoms with Crippen LogP contribution in [-0.2, 0) is 0 Å². The summed E-state index contributed by atoms with van der Waals surface area (Å²) in [6, 6.07) is 12.1. The third kappa shape index (κ3) is 2.83. The number of benzene rings is 2. The Morgan fingerprint density at radius 1 is 1.20 bits per heavy atom. The molecular weight excluding hydrogens is 256 g/mol. The molecule has 0 unspecified atom stereocenters. The van der Waals surface area contributed by atoms with E-state index in [1.54, 1.807) is 18.2 Å². The first-order chi connectivity index (χ1) is 9.49. The quantitative estimate of drug-likeness (QED) is 0.837. The summed E-state index contributed by atoms with van der Waals surface area (Å²) >= 11 is 0. The lowest BCUT2D eigenvalue weighted by atomic mass is 10.1. The van der Waals surface area contributed by atoms with E-state index in [1.165, 1.54) is 6.07 Å². The summed E-state index contributed by atoms with van der Waals surface area (Å²) in [5, 5.41) is 9.03. The smallest absolute Gasteiger partial charge is 0.337 e. The number of carbonyl (C=O) groups is 1. The van der Waals surface area contributed by atoms with Crippen molar-refractivity contribution in [3.05, 3.63) is 48.0 Å². The van der Waals surface area contributed by atoms with Gasteiger partial charge >= 0.3 is 5.97 Å². The molecule has 0 aliphatic heterocycles. The van der Waals surface area contributed by atoms with Gasteiger partial charge in [0.2, 0.25) is 0 Å². The van der Waals surface area contributed by atoms with Crippen LogP contribution in [0, 0.1) is 0 Å². The van der Waals surface area contributed by atoms with Crippen LogP contribution in [0.5, 0.6) is 11.5 Å². The number of anilines is 2. The van der Waals surface area contributed by atoms with Crippen LogP contribution in [0.4, 0.5) is 11.4 Å². The summed E-state index contributed by atoms with van der Waals surface area (Å²) in [6.45, 7) is 0. The lowest BCUT2D eigenvalue weighted by molar-refractivity contribution is 0.0697. The van der Waals surface area contributed by atoms with Gasteiger partial charge in [-0.15, -0.1) is 0 Å². The first kappa shape index (κ1) is 13.7. The third-order valence-corrected chi connectivity index (χ3v) is 2.86. The topological polar surface area (TPSA) is 75.8 Å². The molecule has 0 amide bonds. The van der Waals surface area contributed by atoms with Gasteiger partial charge in [0.05, 0.1) is 11.3 Å². The number of hydrogen-bond acceptors (Lipinski definition) is 4. The van der Waals surface area contributed by atoms with Gasteiger partial charge < -0.3 is 20.5 Å². The fourth-order valence-electron chi connectivity index (χ4n) is 1.77. The minimum absolute atomic E-state index is 0.0336. The van der Waals surface area contributed by atoms with Crippen molar-refractivity contribution in [3.8, 4) is 11.5 Å². The maximum Gasteiger partial charge on any atom is 0.337 e. The summed E-state index contributed by atoms with van der Waals surface area (Å²) < 4.78 is 5.68. The minimum Gasteiger partial charge on any atom is -0.478 e. The van der Waals surface area contributed by atoms with E-state index in [0.29, 0.717) is 11.5 Å². The molecule has 2 rings (SSSR count). The number of nitrogen functional groups attached to an aromatic ring is 1. The van der Waals surface area contributed by atoms with Crippen LogP contribution in [0.15, 0.2) is 42.5 Å². The second-order valence-electron chi connectivity index (χ2n) is 4.52. The molecule has 104 valence electrons. The fourth-order valence-corrected chi connectivity index (χ4v) is 1.77. The molecule has 20 heavy (non-hydrogen) atoms. The van der Waals surface area contributed by atoms with E-state index in [1.807, 2.05) is 37.2 Å². The second-order valence-corrected chi connectivity index (χ2v) is 4.52. The standard InChI is InChI=1S/C15H16N2O3/c1-17(2)10-5-3-6-11(9-10)20-13-8-4-7-12(14(13)16)15(18)19/h3-9H,16H2,1-2H3,(H,18,19). The number of carboxylic acids is 1. The van der Waals surface area contributed by atoms with Crippen LogP contribution in [0.2, 0.25) is 0 Å². The van der Waals surface area contributed by atoms with E-state index in [0.717, 1.165) is 5.69 Å². The highest BCUT2D eigenvalue weighted by Crippen LogP contribution is 2.31. The van der Waals surface area contributed by atoms with Crippen LogP contribution in [0.3, 0.4) is 0 Å².